The molecule has 0 saturated heterocycles. The molecule has 1 aromatic carbocycles. The summed E-state index contributed by atoms with van der Waals surface area (Å²) in [5, 5.41) is 3.33. The van der Waals surface area contributed by atoms with Gasteiger partial charge in [-0.05, 0) is 30.7 Å². The molecule has 4 heteroatoms. The molecule has 0 fully saturated rings. The fourth-order valence-corrected chi connectivity index (χ4v) is 1.77. The van der Waals surface area contributed by atoms with Crippen molar-refractivity contribution in [2.45, 2.75) is 13.0 Å². The van der Waals surface area contributed by atoms with Crippen LogP contribution in [0.5, 0.6) is 0 Å². The fraction of sp³-hybridized carbons (Fsp3) is 0.400. The van der Waals surface area contributed by atoms with E-state index >= 15 is 0 Å². The topological polar surface area (TPSA) is 15.3 Å². The summed E-state index contributed by atoms with van der Waals surface area (Å²) in [6.45, 7) is 2.04. The summed E-state index contributed by atoms with van der Waals surface area (Å²) in [5.74, 6) is 0. The number of nitrogens with one attached hydrogen (secondary N) is 1. The lowest BCUT2D eigenvalue weighted by atomic mass is 10.1. The molecule has 0 aromatic heterocycles. The molecular formula is C10H14Cl2N2. The number of halogens is 2. The van der Waals surface area contributed by atoms with Gasteiger partial charge in [0.15, 0.2) is 0 Å². The van der Waals surface area contributed by atoms with E-state index in [1.54, 1.807) is 6.07 Å². The SMILES string of the molecule is CC(NN(C)C)c1cc(Cl)ccc1Cl. The third-order valence-electron chi connectivity index (χ3n) is 1.88. The van der Waals surface area contributed by atoms with Crippen LogP contribution >= 0.6 is 23.2 Å². The second-order valence-corrected chi connectivity index (χ2v) is 4.25. The van der Waals surface area contributed by atoms with Gasteiger partial charge in [0.2, 0.25) is 0 Å². The van der Waals surface area contributed by atoms with Gasteiger partial charge in [-0.15, -0.1) is 0 Å². The van der Waals surface area contributed by atoms with E-state index in [9.17, 15) is 0 Å². The summed E-state index contributed by atoms with van der Waals surface area (Å²) in [5.41, 5.74) is 4.22. The Kier molecular flexibility index (Phi) is 4.20. The Bertz CT molecular complexity index is 313. The van der Waals surface area contributed by atoms with Crippen LogP contribution in [0.15, 0.2) is 18.2 Å². The van der Waals surface area contributed by atoms with Crippen molar-refractivity contribution >= 4 is 23.2 Å². The van der Waals surface area contributed by atoms with Crippen LogP contribution in [0.4, 0.5) is 0 Å². The molecule has 0 aliphatic heterocycles. The van der Waals surface area contributed by atoms with E-state index < -0.39 is 0 Å². The monoisotopic (exact) mass is 232 g/mol. The first-order chi connectivity index (χ1) is 6.50. The van der Waals surface area contributed by atoms with Crippen molar-refractivity contribution in [3.8, 4) is 0 Å². The molecule has 0 amide bonds. The molecule has 1 rings (SSSR count). The van der Waals surface area contributed by atoms with Gasteiger partial charge in [-0.25, -0.2) is 5.43 Å². The van der Waals surface area contributed by atoms with Crippen LogP contribution in [0.25, 0.3) is 0 Å². The highest BCUT2D eigenvalue weighted by atomic mass is 35.5. The number of nitrogens with zero attached hydrogens (tertiary/aromatic N) is 1. The van der Waals surface area contributed by atoms with Crippen LogP contribution in [-0.2, 0) is 0 Å². The second-order valence-electron chi connectivity index (χ2n) is 3.41. The lowest BCUT2D eigenvalue weighted by Crippen LogP contribution is -2.32. The maximum Gasteiger partial charge on any atom is 0.0455 e. The zero-order valence-corrected chi connectivity index (χ0v) is 10.0. The predicted octanol–water partition coefficient (Wildman–Crippen LogP) is 3.12. The molecular weight excluding hydrogens is 219 g/mol. The highest BCUT2D eigenvalue weighted by Crippen LogP contribution is 2.25. The molecule has 0 radical (unpaired) electrons. The van der Waals surface area contributed by atoms with Crippen LogP contribution in [0.1, 0.15) is 18.5 Å². The Hall–Kier alpha value is -0.280. The molecule has 0 saturated carbocycles. The number of rotatable bonds is 3. The van der Waals surface area contributed by atoms with Gasteiger partial charge in [0.05, 0.1) is 0 Å². The smallest absolute Gasteiger partial charge is 0.0455 e. The third-order valence-corrected chi connectivity index (χ3v) is 2.46. The predicted molar refractivity (Wildman–Crippen MR) is 61.7 cm³/mol. The zero-order valence-electron chi connectivity index (χ0n) is 8.51. The van der Waals surface area contributed by atoms with Crippen LogP contribution in [0.3, 0.4) is 0 Å². The van der Waals surface area contributed by atoms with Crippen molar-refractivity contribution in [1.29, 1.82) is 0 Å². The molecule has 1 aromatic rings. The van der Waals surface area contributed by atoms with Gasteiger partial charge in [-0.3, -0.25) is 5.01 Å². The highest BCUT2D eigenvalue weighted by Gasteiger charge is 2.10. The normalized spacial score (nSPS) is 13.3. The van der Waals surface area contributed by atoms with Gasteiger partial charge in [0, 0.05) is 30.2 Å². The van der Waals surface area contributed by atoms with Crippen molar-refractivity contribution in [3.05, 3.63) is 33.8 Å². The molecule has 0 heterocycles. The summed E-state index contributed by atoms with van der Waals surface area (Å²) in [4.78, 5) is 0. The molecule has 0 bridgehead atoms. The van der Waals surface area contributed by atoms with Crippen molar-refractivity contribution in [1.82, 2.24) is 10.4 Å². The summed E-state index contributed by atoms with van der Waals surface area (Å²) in [6.07, 6.45) is 0. The summed E-state index contributed by atoms with van der Waals surface area (Å²) < 4.78 is 0. The Labute approximate surface area is 94.8 Å². The van der Waals surface area contributed by atoms with E-state index in [0.717, 1.165) is 10.6 Å². The third kappa shape index (κ3) is 3.14. The average Bonchev–Trinajstić information content (AvgIpc) is 2.08. The summed E-state index contributed by atoms with van der Waals surface area (Å²) in [7, 11) is 3.88. The van der Waals surface area contributed by atoms with Gasteiger partial charge >= 0.3 is 0 Å². The quantitative estimate of drug-likeness (QED) is 0.807. The Morgan fingerprint density at radius 3 is 2.50 bits per heavy atom. The fourth-order valence-electron chi connectivity index (χ4n) is 1.30. The van der Waals surface area contributed by atoms with E-state index in [-0.39, 0.29) is 6.04 Å². The van der Waals surface area contributed by atoms with E-state index in [1.807, 2.05) is 38.2 Å². The molecule has 0 spiro atoms. The molecule has 1 unspecified atom stereocenters. The number of hydrogen-bond acceptors (Lipinski definition) is 2. The average molecular weight is 233 g/mol. The second kappa shape index (κ2) is 4.99. The first kappa shape index (κ1) is 11.8. The van der Waals surface area contributed by atoms with Gasteiger partial charge in [-0.2, -0.15) is 0 Å². The molecule has 0 aliphatic carbocycles. The van der Waals surface area contributed by atoms with Gasteiger partial charge in [0.1, 0.15) is 0 Å². The van der Waals surface area contributed by atoms with Gasteiger partial charge in [-0.1, -0.05) is 23.2 Å². The lowest BCUT2D eigenvalue weighted by Gasteiger charge is -2.20. The van der Waals surface area contributed by atoms with E-state index in [2.05, 4.69) is 5.43 Å². The number of hydrogen-bond donors (Lipinski definition) is 1. The van der Waals surface area contributed by atoms with Crippen molar-refractivity contribution in [2.75, 3.05) is 14.1 Å². The van der Waals surface area contributed by atoms with E-state index in [4.69, 9.17) is 23.2 Å². The Balaban J connectivity index is 2.88. The largest absolute Gasteiger partial charge is 0.250 e. The van der Waals surface area contributed by atoms with Gasteiger partial charge in [0.25, 0.3) is 0 Å². The van der Waals surface area contributed by atoms with Crippen LogP contribution in [0, 0.1) is 0 Å². The zero-order chi connectivity index (χ0) is 10.7. The Morgan fingerprint density at radius 2 is 1.93 bits per heavy atom. The standard InChI is InChI=1S/C10H14Cl2N2/c1-7(13-14(2)3)9-6-8(11)4-5-10(9)12/h4-7,13H,1-3H3. The summed E-state index contributed by atoms with van der Waals surface area (Å²) in [6, 6.07) is 5.63. The van der Waals surface area contributed by atoms with Crippen molar-refractivity contribution in [3.63, 3.8) is 0 Å². The summed E-state index contributed by atoms with van der Waals surface area (Å²) >= 11 is 12.0. The molecule has 14 heavy (non-hydrogen) atoms. The first-order valence-electron chi connectivity index (χ1n) is 4.39. The minimum atomic E-state index is 0.149. The molecule has 2 nitrogen and oxygen atoms in total. The van der Waals surface area contributed by atoms with Crippen LogP contribution in [-0.4, -0.2) is 19.1 Å². The maximum absolute atomic E-state index is 6.06. The molecule has 0 aliphatic rings. The minimum Gasteiger partial charge on any atom is -0.250 e. The molecule has 78 valence electrons. The molecule has 1 atom stereocenters. The van der Waals surface area contributed by atoms with Crippen molar-refractivity contribution < 1.29 is 0 Å². The number of benzene rings is 1. The lowest BCUT2D eigenvalue weighted by molar-refractivity contribution is 0.252. The first-order valence-corrected chi connectivity index (χ1v) is 5.14. The van der Waals surface area contributed by atoms with E-state index in [0.29, 0.717) is 5.02 Å². The minimum absolute atomic E-state index is 0.149. The maximum atomic E-state index is 6.06. The van der Waals surface area contributed by atoms with Crippen LogP contribution < -0.4 is 5.43 Å². The van der Waals surface area contributed by atoms with E-state index in [1.165, 1.54) is 0 Å². The number of hydrazine groups is 1. The van der Waals surface area contributed by atoms with Crippen molar-refractivity contribution in [2.24, 2.45) is 0 Å². The molecule has 1 N–H and O–H groups in total. The Morgan fingerprint density at radius 1 is 1.29 bits per heavy atom. The highest BCUT2D eigenvalue weighted by molar-refractivity contribution is 6.33. The van der Waals surface area contributed by atoms with Gasteiger partial charge < -0.3 is 0 Å². The van der Waals surface area contributed by atoms with Crippen LogP contribution in [0.2, 0.25) is 10.0 Å².